The highest BCUT2D eigenvalue weighted by Crippen LogP contribution is 2.35. The number of rotatable bonds is 6. The van der Waals surface area contributed by atoms with Crippen LogP contribution in [0.15, 0.2) is 24.4 Å². The third-order valence-corrected chi connectivity index (χ3v) is 4.40. The van der Waals surface area contributed by atoms with Gasteiger partial charge in [0.05, 0.1) is 11.6 Å². The van der Waals surface area contributed by atoms with Crippen molar-refractivity contribution in [3.05, 3.63) is 41.5 Å². The second-order valence-electron chi connectivity index (χ2n) is 7.96. The average Bonchev–Trinajstić information content (AvgIpc) is 3.24. The van der Waals surface area contributed by atoms with Crippen molar-refractivity contribution in [1.29, 1.82) is 0 Å². The van der Waals surface area contributed by atoms with Crippen LogP contribution in [0.2, 0.25) is 0 Å². The van der Waals surface area contributed by atoms with Crippen molar-refractivity contribution in [3.63, 3.8) is 0 Å². The van der Waals surface area contributed by atoms with Crippen LogP contribution in [0, 0.1) is 0 Å². The summed E-state index contributed by atoms with van der Waals surface area (Å²) in [6.45, 7) is 7.49. The van der Waals surface area contributed by atoms with Crippen LogP contribution in [-0.4, -0.2) is 39.1 Å². The van der Waals surface area contributed by atoms with E-state index in [0.717, 1.165) is 6.42 Å². The molecule has 156 valence electrons. The van der Waals surface area contributed by atoms with Crippen LogP contribution in [0.4, 0.5) is 4.79 Å². The predicted molar refractivity (Wildman–Crippen MR) is 104 cm³/mol. The Kier molecular flexibility index (Phi) is 5.81. The van der Waals surface area contributed by atoms with Crippen LogP contribution in [0.1, 0.15) is 57.1 Å². The number of aliphatic carboxylic acids is 1. The molecule has 2 heterocycles. The first-order valence-corrected chi connectivity index (χ1v) is 9.60. The Morgan fingerprint density at radius 1 is 1.28 bits per heavy atom. The quantitative estimate of drug-likeness (QED) is 0.785. The Hall–Kier alpha value is -3.03. The smallest absolute Gasteiger partial charge is 0.419 e. The number of hydrogen-bond donors (Lipinski definition) is 1. The van der Waals surface area contributed by atoms with Gasteiger partial charge in [-0.15, -0.1) is 0 Å². The highest BCUT2D eigenvalue weighted by Gasteiger charge is 2.27. The van der Waals surface area contributed by atoms with E-state index in [1.54, 1.807) is 45.2 Å². The van der Waals surface area contributed by atoms with E-state index in [4.69, 9.17) is 14.2 Å². The Bertz CT molecular complexity index is 912. The number of ether oxygens (including phenoxy) is 3. The van der Waals surface area contributed by atoms with Crippen molar-refractivity contribution in [1.82, 2.24) is 9.55 Å². The molecule has 0 saturated heterocycles. The van der Waals surface area contributed by atoms with E-state index < -0.39 is 23.6 Å². The maximum absolute atomic E-state index is 12.5. The topological polar surface area (TPSA) is 99.9 Å². The molecule has 8 nitrogen and oxygen atoms in total. The lowest BCUT2D eigenvalue weighted by Gasteiger charge is -2.20. The van der Waals surface area contributed by atoms with Crippen LogP contribution in [0.25, 0.3) is 0 Å². The summed E-state index contributed by atoms with van der Waals surface area (Å²) in [5.74, 6) is -0.128. The second kappa shape index (κ2) is 8.14. The first-order valence-electron chi connectivity index (χ1n) is 9.60. The third kappa shape index (κ3) is 4.88. The van der Waals surface area contributed by atoms with Crippen molar-refractivity contribution in [2.75, 3.05) is 6.79 Å². The Morgan fingerprint density at radius 3 is 2.66 bits per heavy atom. The van der Waals surface area contributed by atoms with E-state index in [9.17, 15) is 14.7 Å². The lowest BCUT2D eigenvalue weighted by molar-refractivity contribution is -0.138. The number of benzene rings is 1. The van der Waals surface area contributed by atoms with Gasteiger partial charge in [-0.2, -0.15) is 0 Å². The van der Waals surface area contributed by atoms with E-state index in [0.29, 0.717) is 35.0 Å². The van der Waals surface area contributed by atoms with Gasteiger partial charge in [-0.25, -0.2) is 14.3 Å². The number of fused-ring (bicyclic) bond motifs is 1. The standard InChI is InChI=1S/C21H26N2O6/c1-5-6-18-22-14(11-23(18)20(26)29-21(2,3)4)10-15(19(24)25)13-7-8-16-17(9-13)28-12-27-16/h7-9,11,15H,5-6,10,12H2,1-4H3,(H,24,25). The highest BCUT2D eigenvalue weighted by atomic mass is 16.7. The summed E-state index contributed by atoms with van der Waals surface area (Å²) in [6.07, 6.45) is 2.57. The molecule has 1 N–H and O–H groups in total. The number of carbonyl (C=O) groups is 2. The molecule has 0 saturated carbocycles. The van der Waals surface area contributed by atoms with Gasteiger partial charge in [-0.3, -0.25) is 4.79 Å². The van der Waals surface area contributed by atoms with Gasteiger partial charge in [0, 0.05) is 19.0 Å². The van der Waals surface area contributed by atoms with Gasteiger partial charge in [0.1, 0.15) is 11.4 Å². The molecule has 1 aliphatic heterocycles. The van der Waals surface area contributed by atoms with Crippen molar-refractivity contribution < 1.29 is 28.9 Å². The van der Waals surface area contributed by atoms with E-state index in [1.165, 1.54) is 4.57 Å². The highest BCUT2D eigenvalue weighted by molar-refractivity contribution is 5.77. The Morgan fingerprint density at radius 2 is 2.00 bits per heavy atom. The molecule has 0 aliphatic carbocycles. The summed E-state index contributed by atoms with van der Waals surface area (Å²) < 4.78 is 17.5. The van der Waals surface area contributed by atoms with Gasteiger partial charge < -0.3 is 19.3 Å². The number of nitrogens with zero attached hydrogens (tertiary/aromatic N) is 2. The fourth-order valence-electron chi connectivity index (χ4n) is 3.13. The summed E-state index contributed by atoms with van der Waals surface area (Å²) in [5, 5.41) is 9.78. The van der Waals surface area contributed by atoms with Crippen LogP contribution in [0.3, 0.4) is 0 Å². The maximum atomic E-state index is 12.5. The molecule has 1 atom stereocenters. The van der Waals surface area contributed by atoms with Gasteiger partial charge in [-0.05, 0) is 44.9 Å². The lowest BCUT2D eigenvalue weighted by Crippen LogP contribution is -2.27. The van der Waals surface area contributed by atoms with Crippen LogP contribution < -0.4 is 9.47 Å². The summed E-state index contributed by atoms with van der Waals surface area (Å²) in [6, 6.07) is 5.10. The number of imidazole rings is 1. The van der Waals surface area contributed by atoms with E-state index in [1.807, 2.05) is 6.92 Å². The van der Waals surface area contributed by atoms with Gasteiger partial charge in [0.2, 0.25) is 6.79 Å². The lowest BCUT2D eigenvalue weighted by atomic mass is 9.94. The maximum Gasteiger partial charge on any atom is 0.419 e. The molecule has 1 aliphatic rings. The molecular formula is C21H26N2O6. The van der Waals surface area contributed by atoms with Crippen LogP contribution >= 0.6 is 0 Å². The molecule has 0 spiro atoms. The number of carboxylic acid groups (broad SMARTS) is 1. The Balaban J connectivity index is 1.87. The molecule has 0 amide bonds. The van der Waals surface area contributed by atoms with E-state index in [-0.39, 0.29) is 13.2 Å². The minimum atomic E-state index is -0.979. The van der Waals surface area contributed by atoms with Gasteiger partial charge in [0.15, 0.2) is 11.5 Å². The normalized spacial score (nSPS) is 13.9. The first kappa shape index (κ1) is 20.7. The number of carboxylic acids is 1. The molecule has 1 unspecified atom stereocenters. The van der Waals surface area contributed by atoms with Crippen LogP contribution in [-0.2, 0) is 22.4 Å². The molecule has 8 heteroatoms. The zero-order chi connectivity index (χ0) is 21.2. The van der Waals surface area contributed by atoms with E-state index in [2.05, 4.69) is 4.98 Å². The Labute approximate surface area is 169 Å². The largest absolute Gasteiger partial charge is 0.481 e. The van der Waals surface area contributed by atoms with Crippen molar-refractivity contribution in [2.24, 2.45) is 0 Å². The van der Waals surface area contributed by atoms with Crippen molar-refractivity contribution in [3.8, 4) is 11.5 Å². The minimum Gasteiger partial charge on any atom is -0.481 e. The van der Waals surface area contributed by atoms with Gasteiger partial charge in [-0.1, -0.05) is 13.0 Å². The average molecular weight is 402 g/mol. The summed E-state index contributed by atoms with van der Waals surface area (Å²) in [4.78, 5) is 29.0. The van der Waals surface area contributed by atoms with Crippen molar-refractivity contribution in [2.45, 2.75) is 58.5 Å². The van der Waals surface area contributed by atoms with Crippen molar-refractivity contribution >= 4 is 12.1 Å². The SMILES string of the molecule is CCCc1nc(CC(C(=O)O)c2ccc3c(c2)OCO3)cn1C(=O)OC(C)(C)C. The number of carbonyl (C=O) groups excluding carboxylic acids is 1. The number of hydrogen-bond acceptors (Lipinski definition) is 6. The molecule has 3 rings (SSSR count). The fourth-order valence-corrected chi connectivity index (χ4v) is 3.13. The number of aryl methyl sites for hydroxylation is 1. The molecule has 1 aromatic carbocycles. The van der Waals surface area contributed by atoms with Gasteiger partial charge >= 0.3 is 12.1 Å². The fraction of sp³-hybridized carbons (Fsp3) is 0.476. The van der Waals surface area contributed by atoms with Crippen LogP contribution in [0.5, 0.6) is 11.5 Å². The zero-order valence-electron chi connectivity index (χ0n) is 17.1. The van der Waals surface area contributed by atoms with Gasteiger partial charge in [0.25, 0.3) is 0 Å². The predicted octanol–water partition coefficient (Wildman–Crippen LogP) is 3.76. The molecule has 0 fully saturated rings. The monoisotopic (exact) mass is 402 g/mol. The minimum absolute atomic E-state index is 0.122. The molecule has 0 bridgehead atoms. The molecule has 1 aromatic heterocycles. The molecular weight excluding hydrogens is 376 g/mol. The zero-order valence-corrected chi connectivity index (χ0v) is 17.1. The summed E-state index contributed by atoms with van der Waals surface area (Å²) in [5.41, 5.74) is 0.469. The number of aromatic nitrogens is 2. The summed E-state index contributed by atoms with van der Waals surface area (Å²) in [7, 11) is 0. The molecule has 0 radical (unpaired) electrons. The summed E-state index contributed by atoms with van der Waals surface area (Å²) >= 11 is 0. The molecule has 29 heavy (non-hydrogen) atoms. The molecule has 2 aromatic rings. The first-order chi connectivity index (χ1) is 13.7. The van der Waals surface area contributed by atoms with E-state index >= 15 is 0 Å². The second-order valence-corrected chi connectivity index (χ2v) is 7.96. The third-order valence-electron chi connectivity index (χ3n) is 4.40.